The van der Waals surface area contributed by atoms with Crippen LogP contribution in [-0.4, -0.2) is 40.0 Å². The van der Waals surface area contributed by atoms with Gasteiger partial charge in [-0.3, -0.25) is 4.79 Å². The number of carbonyl (C=O) groups is 1. The minimum atomic E-state index is 0.00371. The molecule has 2 rings (SSSR count). The zero-order valence-electron chi connectivity index (χ0n) is 13.7. The number of rotatable bonds is 7. The van der Waals surface area contributed by atoms with Crippen LogP contribution in [0, 0.1) is 5.92 Å². The van der Waals surface area contributed by atoms with Gasteiger partial charge < -0.3 is 9.64 Å². The maximum absolute atomic E-state index is 12.7. The van der Waals surface area contributed by atoms with Crippen molar-refractivity contribution >= 4 is 5.91 Å². The van der Waals surface area contributed by atoms with E-state index in [4.69, 9.17) is 4.74 Å². The van der Waals surface area contributed by atoms with Gasteiger partial charge in [0.1, 0.15) is 6.10 Å². The molecule has 0 radical (unpaired) electrons. The molecule has 0 spiro atoms. The smallest absolute Gasteiger partial charge is 0.316 e. The number of piperidine rings is 1. The third-order valence-corrected chi connectivity index (χ3v) is 4.13. The lowest BCUT2D eigenvalue weighted by molar-refractivity contribution is -0.138. The Kier molecular flexibility index (Phi) is 6.62. The van der Waals surface area contributed by atoms with Crippen molar-refractivity contribution in [2.24, 2.45) is 5.92 Å². The minimum Gasteiger partial charge on any atom is -0.458 e. The standard InChI is InChI=1S/C17H27N3O2/c1-3-7-14(8-4-2)16(21)20-12-5-9-15(13-20)22-17-18-10-6-11-19-17/h6,10-11,14-15H,3-5,7-9,12-13H2,1-2H3. The Balaban J connectivity index is 1.92. The van der Waals surface area contributed by atoms with E-state index in [9.17, 15) is 4.79 Å². The van der Waals surface area contributed by atoms with E-state index in [1.165, 1.54) is 0 Å². The third kappa shape index (κ3) is 4.68. The van der Waals surface area contributed by atoms with Crippen LogP contribution in [0.25, 0.3) is 0 Å². The van der Waals surface area contributed by atoms with E-state index >= 15 is 0 Å². The Morgan fingerprint density at radius 3 is 2.64 bits per heavy atom. The summed E-state index contributed by atoms with van der Waals surface area (Å²) in [6.45, 7) is 5.79. The van der Waals surface area contributed by atoms with E-state index in [1.807, 2.05) is 4.90 Å². The molecule has 1 saturated heterocycles. The van der Waals surface area contributed by atoms with Gasteiger partial charge in [0.2, 0.25) is 5.91 Å². The van der Waals surface area contributed by atoms with Crippen LogP contribution >= 0.6 is 0 Å². The Morgan fingerprint density at radius 2 is 2.00 bits per heavy atom. The van der Waals surface area contributed by atoms with Gasteiger partial charge in [-0.05, 0) is 31.7 Å². The van der Waals surface area contributed by atoms with Crippen LogP contribution in [-0.2, 0) is 4.79 Å². The molecule has 5 heteroatoms. The second kappa shape index (κ2) is 8.71. The Hall–Kier alpha value is -1.65. The van der Waals surface area contributed by atoms with E-state index in [0.717, 1.165) is 45.1 Å². The van der Waals surface area contributed by atoms with Gasteiger partial charge in [0.05, 0.1) is 6.54 Å². The number of nitrogens with zero attached hydrogens (tertiary/aromatic N) is 3. The number of ether oxygens (including phenoxy) is 1. The summed E-state index contributed by atoms with van der Waals surface area (Å²) in [5, 5.41) is 0. The molecular formula is C17H27N3O2. The van der Waals surface area contributed by atoms with Crippen LogP contribution in [0.1, 0.15) is 52.4 Å². The van der Waals surface area contributed by atoms with Crippen molar-refractivity contribution in [2.75, 3.05) is 13.1 Å². The summed E-state index contributed by atoms with van der Waals surface area (Å²) >= 11 is 0. The lowest BCUT2D eigenvalue weighted by Crippen LogP contribution is -2.46. The third-order valence-electron chi connectivity index (χ3n) is 4.13. The molecule has 0 aliphatic carbocycles. The van der Waals surface area contributed by atoms with Gasteiger partial charge in [0.25, 0.3) is 0 Å². The zero-order chi connectivity index (χ0) is 15.8. The maximum atomic E-state index is 12.7. The fraction of sp³-hybridized carbons (Fsp3) is 0.706. The summed E-state index contributed by atoms with van der Waals surface area (Å²) in [4.78, 5) is 22.9. The molecule has 1 aromatic rings. The highest BCUT2D eigenvalue weighted by Gasteiger charge is 2.29. The molecule has 2 heterocycles. The van der Waals surface area contributed by atoms with Gasteiger partial charge >= 0.3 is 6.01 Å². The van der Waals surface area contributed by atoms with Crippen molar-refractivity contribution in [2.45, 2.75) is 58.5 Å². The molecule has 1 aliphatic rings. The second-order valence-corrected chi connectivity index (χ2v) is 5.97. The molecule has 122 valence electrons. The topological polar surface area (TPSA) is 55.3 Å². The van der Waals surface area contributed by atoms with E-state index in [-0.39, 0.29) is 12.0 Å². The predicted molar refractivity (Wildman–Crippen MR) is 85.6 cm³/mol. The Labute approximate surface area is 133 Å². The van der Waals surface area contributed by atoms with Gasteiger partial charge in [0.15, 0.2) is 0 Å². The summed E-state index contributed by atoms with van der Waals surface area (Å²) < 4.78 is 5.82. The van der Waals surface area contributed by atoms with Gasteiger partial charge in [-0.25, -0.2) is 9.97 Å². The molecule has 0 saturated carbocycles. The van der Waals surface area contributed by atoms with Crippen molar-refractivity contribution in [3.8, 4) is 6.01 Å². The van der Waals surface area contributed by atoms with Crippen molar-refractivity contribution in [1.82, 2.24) is 14.9 Å². The first-order valence-corrected chi connectivity index (χ1v) is 8.47. The van der Waals surface area contributed by atoms with Crippen molar-refractivity contribution in [1.29, 1.82) is 0 Å². The number of aromatic nitrogens is 2. The molecule has 5 nitrogen and oxygen atoms in total. The molecule has 1 atom stereocenters. The monoisotopic (exact) mass is 305 g/mol. The zero-order valence-corrected chi connectivity index (χ0v) is 13.7. The highest BCUT2D eigenvalue weighted by Crippen LogP contribution is 2.21. The molecule has 0 N–H and O–H groups in total. The molecule has 0 bridgehead atoms. The Morgan fingerprint density at radius 1 is 1.32 bits per heavy atom. The van der Waals surface area contributed by atoms with Crippen LogP contribution in [0.3, 0.4) is 0 Å². The number of amides is 1. The first kappa shape index (κ1) is 16.7. The summed E-state index contributed by atoms with van der Waals surface area (Å²) in [6.07, 6.45) is 9.36. The van der Waals surface area contributed by atoms with Crippen molar-refractivity contribution in [3.63, 3.8) is 0 Å². The first-order valence-electron chi connectivity index (χ1n) is 8.47. The molecule has 1 amide bonds. The van der Waals surface area contributed by atoms with Crippen LogP contribution < -0.4 is 4.74 Å². The largest absolute Gasteiger partial charge is 0.458 e. The highest BCUT2D eigenvalue weighted by molar-refractivity contribution is 5.79. The summed E-state index contributed by atoms with van der Waals surface area (Å²) in [7, 11) is 0. The second-order valence-electron chi connectivity index (χ2n) is 5.97. The average molecular weight is 305 g/mol. The van der Waals surface area contributed by atoms with E-state index in [2.05, 4.69) is 23.8 Å². The predicted octanol–water partition coefficient (Wildman–Crippen LogP) is 3.06. The van der Waals surface area contributed by atoms with Gasteiger partial charge in [-0.2, -0.15) is 0 Å². The van der Waals surface area contributed by atoms with Crippen molar-refractivity contribution in [3.05, 3.63) is 18.5 Å². The lowest BCUT2D eigenvalue weighted by Gasteiger charge is -2.34. The number of carbonyl (C=O) groups excluding carboxylic acids is 1. The van der Waals surface area contributed by atoms with Gasteiger partial charge in [-0.15, -0.1) is 0 Å². The minimum absolute atomic E-state index is 0.00371. The average Bonchev–Trinajstić information content (AvgIpc) is 2.55. The molecular weight excluding hydrogens is 278 g/mol. The molecule has 1 fully saturated rings. The fourth-order valence-electron chi connectivity index (χ4n) is 3.08. The fourth-order valence-corrected chi connectivity index (χ4v) is 3.08. The van der Waals surface area contributed by atoms with E-state index in [0.29, 0.717) is 18.5 Å². The number of hydrogen-bond donors (Lipinski definition) is 0. The Bertz CT molecular complexity index is 446. The summed E-state index contributed by atoms with van der Waals surface area (Å²) in [5.41, 5.74) is 0. The quantitative estimate of drug-likeness (QED) is 0.777. The van der Waals surface area contributed by atoms with E-state index < -0.39 is 0 Å². The number of likely N-dealkylation sites (tertiary alicyclic amines) is 1. The van der Waals surface area contributed by atoms with Crippen LogP contribution in [0.2, 0.25) is 0 Å². The summed E-state index contributed by atoms with van der Waals surface area (Å²) in [5.74, 6) is 0.465. The SMILES string of the molecule is CCCC(CCC)C(=O)N1CCCC(Oc2ncccn2)C1. The molecule has 1 aromatic heterocycles. The highest BCUT2D eigenvalue weighted by atomic mass is 16.5. The lowest BCUT2D eigenvalue weighted by atomic mass is 9.95. The number of hydrogen-bond acceptors (Lipinski definition) is 4. The van der Waals surface area contributed by atoms with Crippen LogP contribution in [0.5, 0.6) is 6.01 Å². The molecule has 1 unspecified atom stereocenters. The van der Waals surface area contributed by atoms with Crippen molar-refractivity contribution < 1.29 is 9.53 Å². The summed E-state index contributed by atoms with van der Waals surface area (Å²) in [6, 6.07) is 2.17. The normalized spacial score (nSPS) is 18.5. The first-order chi connectivity index (χ1) is 10.7. The van der Waals surface area contributed by atoms with Crippen LogP contribution in [0.15, 0.2) is 18.5 Å². The molecule has 1 aliphatic heterocycles. The maximum Gasteiger partial charge on any atom is 0.316 e. The van der Waals surface area contributed by atoms with Crippen LogP contribution in [0.4, 0.5) is 0 Å². The molecule has 22 heavy (non-hydrogen) atoms. The van der Waals surface area contributed by atoms with E-state index in [1.54, 1.807) is 18.5 Å². The van der Waals surface area contributed by atoms with Gasteiger partial charge in [0, 0.05) is 24.9 Å². The van der Waals surface area contributed by atoms with Gasteiger partial charge in [-0.1, -0.05) is 26.7 Å². The molecule has 0 aromatic carbocycles.